The number of carbonyl (C=O) groups is 2. The van der Waals surface area contributed by atoms with Crippen molar-refractivity contribution in [1.29, 1.82) is 0 Å². The predicted octanol–water partition coefficient (Wildman–Crippen LogP) is 3.13. The molecule has 42 heavy (non-hydrogen) atoms. The van der Waals surface area contributed by atoms with Gasteiger partial charge in [0, 0.05) is 5.56 Å². The van der Waals surface area contributed by atoms with E-state index in [0.717, 1.165) is 0 Å². The number of thiazole rings is 1. The normalized spacial score (nSPS) is 15.6. The summed E-state index contributed by atoms with van der Waals surface area (Å²) in [5.41, 5.74) is 2.25. The number of aromatic nitrogens is 1. The van der Waals surface area contributed by atoms with Crippen molar-refractivity contribution in [2.75, 3.05) is 20.0 Å². The molecular formula is C31H24N2O8S. The smallest absolute Gasteiger partial charge is 0.341 e. The highest BCUT2D eigenvalue weighted by molar-refractivity contribution is 7.07. The first-order valence-electron chi connectivity index (χ1n) is 13.1. The van der Waals surface area contributed by atoms with Crippen LogP contribution >= 0.6 is 11.3 Å². The van der Waals surface area contributed by atoms with Gasteiger partial charge in [0.2, 0.25) is 6.79 Å². The average molecular weight is 585 g/mol. The Bertz CT molecular complexity index is 1910. The van der Waals surface area contributed by atoms with E-state index in [1.165, 1.54) is 15.9 Å². The number of nitrogens with zero attached hydrogens (tertiary/aromatic N) is 2. The van der Waals surface area contributed by atoms with Crippen molar-refractivity contribution in [1.82, 2.24) is 4.57 Å². The zero-order valence-corrected chi connectivity index (χ0v) is 23.1. The second-order valence-corrected chi connectivity index (χ2v) is 10.3. The van der Waals surface area contributed by atoms with Gasteiger partial charge in [-0.15, -0.1) is 0 Å². The molecule has 0 saturated carbocycles. The Labute approximate surface area is 243 Å². The second kappa shape index (κ2) is 11.4. The average Bonchev–Trinajstić information content (AvgIpc) is 3.59. The minimum Gasteiger partial charge on any atom is -0.482 e. The molecular weight excluding hydrogens is 560 g/mol. The number of hydrogen-bond acceptors (Lipinski definition) is 9. The molecule has 0 aliphatic carbocycles. The standard InChI is InChI=1S/C31H24N2O8S/c1-2-38-30(37)26-27(19-8-4-3-5-9-19)32-31-33(28(26)20-11-12-22-23(15-20)41-17-40-22)29(36)24(42-31)14-18-7-6-10-21(13-18)39-16-25(34)35/h3-15,28H,2,16-17H2,1H3,(H,34,35)/b24-14+. The minimum absolute atomic E-state index is 0.0760. The van der Waals surface area contributed by atoms with Gasteiger partial charge in [-0.3, -0.25) is 9.36 Å². The van der Waals surface area contributed by atoms with Crippen LogP contribution < -0.4 is 29.1 Å². The topological polar surface area (TPSA) is 126 Å². The van der Waals surface area contributed by atoms with E-state index in [2.05, 4.69) is 0 Å². The molecule has 0 fully saturated rings. The summed E-state index contributed by atoms with van der Waals surface area (Å²) in [5.74, 6) is -0.243. The number of hydrogen-bond donors (Lipinski definition) is 1. The molecule has 2 aliphatic heterocycles. The third-order valence-corrected chi connectivity index (χ3v) is 7.59. The highest BCUT2D eigenvalue weighted by Crippen LogP contribution is 2.40. The number of carbonyl (C=O) groups excluding carboxylic acids is 1. The monoisotopic (exact) mass is 584 g/mol. The lowest BCUT2D eigenvalue weighted by Gasteiger charge is -2.26. The molecule has 3 aromatic carbocycles. The maximum Gasteiger partial charge on any atom is 0.341 e. The maximum absolute atomic E-state index is 14.0. The molecule has 11 heteroatoms. The highest BCUT2D eigenvalue weighted by atomic mass is 32.1. The van der Waals surface area contributed by atoms with E-state index >= 15 is 0 Å². The summed E-state index contributed by atoms with van der Waals surface area (Å²) in [6.07, 6.45) is 1.68. The summed E-state index contributed by atoms with van der Waals surface area (Å²) < 4.78 is 23.8. The van der Waals surface area contributed by atoms with Crippen molar-refractivity contribution in [2.45, 2.75) is 13.0 Å². The highest BCUT2D eigenvalue weighted by Gasteiger charge is 2.36. The first-order chi connectivity index (χ1) is 20.4. The summed E-state index contributed by atoms with van der Waals surface area (Å²) in [6, 6.07) is 20.5. The van der Waals surface area contributed by atoms with E-state index in [4.69, 9.17) is 29.0 Å². The molecule has 212 valence electrons. The second-order valence-electron chi connectivity index (χ2n) is 9.30. The third kappa shape index (κ3) is 5.17. The molecule has 1 N–H and O–H groups in total. The van der Waals surface area contributed by atoms with Gasteiger partial charge in [0.15, 0.2) is 22.9 Å². The van der Waals surface area contributed by atoms with Crippen molar-refractivity contribution in [2.24, 2.45) is 4.99 Å². The molecule has 0 saturated heterocycles. The van der Waals surface area contributed by atoms with Crippen molar-refractivity contribution >= 4 is 35.0 Å². The van der Waals surface area contributed by atoms with Crippen LogP contribution in [0.25, 0.3) is 11.8 Å². The van der Waals surface area contributed by atoms with Crippen LogP contribution in [0.3, 0.4) is 0 Å². The number of ether oxygens (including phenoxy) is 4. The first kappa shape index (κ1) is 27.0. The van der Waals surface area contributed by atoms with Crippen LogP contribution in [0.15, 0.2) is 88.2 Å². The van der Waals surface area contributed by atoms with E-state index in [1.54, 1.807) is 55.5 Å². The summed E-state index contributed by atoms with van der Waals surface area (Å²) in [5, 5.41) is 8.94. The summed E-state index contributed by atoms with van der Waals surface area (Å²) in [4.78, 5) is 43.8. The van der Waals surface area contributed by atoms with Crippen molar-refractivity contribution in [3.8, 4) is 17.2 Å². The van der Waals surface area contributed by atoms with Crippen LogP contribution in [0.1, 0.15) is 29.7 Å². The fraction of sp³-hybridized carbons (Fsp3) is 0.161. The number of benzene rings is 3. The number of fused-ring (bicyclic) bond motifs is 2. The number of rotatable bonds is 8. The van der Waals surface area contributed by atoms with Gasteiger partial charge in [-0.2, -0.15) is 0 Å². The summed E-state index contributed by atoms with van der Waals surface area (Å²) in [7, 11) is 0. The number of aliphatic carboxylic acids is 1. The van der Waals surface area contributed by atoms with Crippen LogP contribution in [0.4, 0.5) is 0 Å². The Morgan fingerprint density at radius 2 is 1.88 bits per heavy atom. The van der Waals surface area contributed by atoms with Gasteiger partial charge in [0.1, 0.15) is 5.75 Å². The molecule has 3 heterocycles. The van der Waals surface area contributed by atoms with Gasteiger partial charge in [0.25, 0.3) is 5.56 Å². The molecule has 0 bridgehead atoms. The molecule has 0 amide bonds. The Hall–Kier alpha value is -5.16. The Balaban J connectivity index is 1.57. The number of esters is 1. The van der Waals surface area contributed by atoms with Crippen LogP contribution in [0.2, 0.25) is 0 Å². The van der Waals surface area contributed by atoms with E-state index < -0.39 is 24.6 Å². The summed E-state index contributed by atoms with van der Waals surface area (Å²) in [6.45, 7) is 1.45. The molecule has 0 radical (unpaired) electrons. The molecule has 1 atom stereocenters. The van der Waals surface area contributed by atoms with Gasteiger partial charge in [-0.25, -0.2) is 14.6 Å². The van der Waals surface area contributed by atoms with Crippen molar-refractivity contribution in [3.63, 3.8) is 0 Å². The van der Waals surface area contributed by atoms with Crippen LogP contribution in [0, 0.1) is 0 Å². The quantitative estimate of drug-likeness (QED) is 0.313. The van der Waals surface area contributed by atoms with Gasteiger partial charge in [-0.1, -0.05) is 59.9 Å². The minimum atomic E-state index is -1.09. The van der Waals surface area contributed by atoms with E-state index in [1.807, 2.05) is 30.3 Å². The zero-order valence-electron chi connectivity index (χ0n) is 22.3. The Morgan fingerprint density at radius 3 is 2.67 bits per heavy atom. The van der Waals surface area contributed by atoms with Gasteiger partial charge < -0.3 is 24.1 Å². The van der Waals surface area contributed by atoms with E-state index in [9.17, 15) is 14.4 Å². The molecule has 1 aromatic heterocycles. The number of carboxylic acids is 1. The Morgan fingerprint density at radius 1 is 1.07 bits per heavy atom. The predicted molar refractivity (Wildman–Crippen MR) is 153 cm³/mol. The van der Waals surface area contributed by atoms with E-state index in [0.29, 0.717) is 49.0 Å². The van der Waals surface area contributed by atoms with Crippen molar-refractivity contribution in [3.05, 3.63) is 115 Å². The fourth-order valence-electron chi connectivity index (χ4n) is 4.83. The van der Waals surface area contributed by atoms with Gasteiger partial charge in [-0.05, 0) is 48.4 Å². The molecule has 4 aromatic rings. The van der Waals surface area contributed by atoms with Crippen LogP contribution in [-0.4, -0.2) is 41.6 Å². The lowest BCUT2D eigenvalue weighted by molar-refractivity contribution is -0.140. The van der Waals surface area contributed by atoms with Gasteiger partial charge >= 0.3 is 11.9 Å². The van der Waals surface area contributed by atoms with Crippen molar-refractivity contribution < 1.29 is 33.6 Å². The molecule has 2 aliphatic rings. The molecule has 1 unspecified atom stereocenters. The lowest BCUT2D eigenvalue weighted by atomic mass is 9.93. The lowest BCUT2D eigenvalue weighted by Crippen LogP contribution is -2.40. The Kier molecular flexibility index (Phi) is 7.32. The molecule has 10 nitrogen and oxygen atoms in total. The maximum atomic E-state index is 14.0. The molecule has 6 rings (SSSR count). The fourth-order valence-corrected chi connectivity index (χ4v) is 5.83. The third-order valence-electron chi connectivity index (χ3n) is 6.60. The number of carboxylic acid groups (broad SMARTS) is 1. The largest absolute Gasteiger partial charge is 0.482 e. The van der Waals surface area contributed by atoms with Crippen LogP contribution in [0.5, 0.6) is 17.2 Å². The summed E-state index contributed by atoms with van der Waals surface area (Å²) >= 11 is 1.18. The van der Waals surface area contributed by atoms with Gasteiger partial charge in [0.05, 0.1) is 28.5 Å². The first-order valence-corrected chi connectivity index (χ1v) is 13.9. The SMILES string of the molecule is CCOC(=O)C1=C(c2ccccc2)N=c2s/c(=C/c3cccc(OCC(=O)O)c3)c(=O)n2C1c1ccc2c(c1)OCO2. The molecule has 0 spiro atoms. The van der Waals surface area contributed by atoms with Crippen LogP contribution in [-0.2, 0) is 14.3 Å². The zero-order chi connectivity index (χ0) is 29.2. The van der Waals surface area contributed by atoms with E-state index in [-0.39, 0.29) is 24.5 Å².